The first-order valence-corrected chi connectivity index (χ1v) is 6.93. The van der Waals surface area contributed by atoms with Crippen molar-refractivity contribution in [1.29, 1.82) is 0 Å². The fraction of sp³-hybridized carbons (Fsp3) is 0.533. The molecule has 4 nitrogen and oxygen atoms in total. The molecule has 1 atom stereocenters. The summed E-state index contributed by atoms with van der Waals surface area (Å²) in [7, 11) is 0. The number of rotatable bonds is 6. The zero-order valence-electron chi connectivity index (χ0n) is 12.3. The second kappa shape index (κ2) is 7.02. The number of hydrogen-bond donors (Lipinski definition) is 3. The number of nitrogen functional groups attached to an aromatic ring is 1. The molecule has 1 aromatic carbocycles. The molecule has 0 aliphatic carbocycles. The Morgan fingerprint density at radius 3 is 2.47 bits per heavy atom. The summed E-state index contributed by atoms with van der Waals surface area (Å²) >= 11 is 0. The smallest absolute Gasteiger partial charge is 0.251 e. The summed E-state index contributed by atoms with van der Waals surface area (Å²) in [5.74, 6) is 0.448. The molecule has 0 spiro atoms. The zero-order valence-corrected chi connectivity index (χ0v) is 12.3. The average Bonchev–Trinajstić information content (AvgIpc) is 2.37. The van der Waals surface area contributed by atoms with Crippen LogP contribution in [-0.4, -0.2) is 18.5 Å². The fourth-order valence-corrected chi connectivity index (χ4v) is 2.04. The van der Waals surface area contributed by atoms with E-state index in [1.807, 2.05) is 13.0 Å². The van der Waals surface area contributed by atoms with E-state index in [4.69, 9.17) is 5.73 Å². The maximum Gasteiger partial charge on any atom is 0.251 e. The molecular weight excluding hydrogens is 238 g/mol. The van der Waals surface area contributed by atoms with E-state index in [1.165, 1.54) is 0 Å². The van der Waals surface area contributed by atoms with Crippen LogP contribution in [-0.2, 0) is 0 Å². The summed E-state index contributed by atoms with van der Waals surface area (Å²) in [5, 5.41) is 6.20. The normalized spacial score (nSPS) is 12.3. The SMILES string of the molecule is CCNC(=O)c1ccc(NC(CC)C(C)C)c(N)c1. The van der Waals surface area contributed by atoms with Crippen molar-refractivity contribution >= 4 is 17.3 Å². The topological polar surface area (TPSA) is 67.2 Å². The predicted octanol–water partition coefficient (Wildman–Crippen LogP) is 2.87. The predicted molar refractivity (Wildman–Crippen MR) is 81.4 cm³/mol. The van der Waals surface area contributed by atoms with Crippen LogP contribution in [0, 0.1) is 5.92 Å². The van der Waals surface area contributed by atoms with Crippen molar-refractivity contribution in [2.75, 3.05) is 17.6 Å². The van der Waals surface area contributed by atoms with Crippen LogP contribution < -0.4 is 16.4 Å². The number of nitrogens with one attached hydrogen (secondary N) is 2. The summed E-state index contributed by atoms with van der Waals surface area (Å²) in [6.45, 7) is 9.02. The molecule has 4 heteroatoms. The van der Waals surface area contributed by atoms with Gasteiger partial charge in [0.05, 0.1) is 11.4 Å². The number of carbonyl (C=O) groups excluding carboxylic acids is 1. The lowest BCUT2D eigenvalue weighted by Gasteiger charge is -2.23. The summed E-state index contributed by atoms with van der Waals surface area (Å²) in [6.07, 6.45) is 1.04. The van der Waals surface area contributed by atoms with E-state index in [0.717, 1.165) is 12.1 Å². The Hall–Kier alpha value is -1.71. The highest BCUT2D eigenvalue weighted by atomic mass is 16.1. The number of nitrogens with two attached hydrogens (primary N) is 1. The van der Waals surface area contributed by atoms with Crippen LogP contribution in [0.15, 0.2) is 18.2 Å². The van der Waals surface area contributed by atoms with Gasteiger partial charge in [-0.2, -0.15) is 0 Å². The number of anilines is 2. The van der Waals surface area contributed by atoms with Crippen molar-refractivity contribution in [2.24, 2.45) is 5.92 Å². The first kappa shape index (κ1) is 15.3. The molecule has 1 rings (SSSR count). The van der Waals surface area contributed by atoms with E-state index < -0.39 is 0 Å². The summed E-state index contributed by atoms with van der Waals surface area (Å²) < 4.78 is 0. The molecular formula is C15H25N3O. The second-order valence-electron chi connectivity index (χ2n) is 5.06. The minimum Gasteiger partial charge on any atom is -0.397 e. The number of carbonyl (C=O) groups is 1. The molecule has 0 radical (unpaired) electrons. The third kappa shape index (κ3) is 4.16. The minimum absolute atomic E-state index is 0.0864. The van der Waals surface area contributed by atoms with Gasteiger partial charge in [-0.3, -0.25) is 4.79 Å². The van der Waals surface area contributed by atoms with E-state index in [1.54, 1.807) is 12.1 Å². The molecule has 0 aromatic heterocycles. The monoisotopic (exact) mass is 263 g/mol. The van der Waals surface area contributed by atoms with E-state index in [-0.39, 0.29) is 5.91 Å². The van der Waals surface area contributed by atoms with Crippen LogP contribution in [0.5, 0.6) is 0 Å². The molecule has 1 amide bonds. The summed E-state index contributed by atoms with van der Waals surface area (Å²) in [6, 6.07) is 5.79. The third-order valence-corrected chi connectivity index (χ3v) is 3.24. The van der Waals surface area contributed by atoms with Crippen LogP contribution in [0.2, 0.25) is 0 Å². The first-order chi connectivity index (χ1) is 8.99. The number of benzene rings is 1. The van der Waals surface area contributed by atoms with Crippen LogP contribution >= 0.6 is 0 Å². The van der Waals surface area contributed by atoms with E-state index in [9.17, 15) is 4.79 Å². The van der Waals surface area contributed by atoms with Crippen LogP contribution in [0.1, 0.15) is 44.5 Å². The van der Waals surface area contributed by atoms with Gasteiger partial charge in [-0.05, 0) is 37.5 Å². The number of amides is 1. The van der Waals surface area contributed by atoms with Gasteiger partial charge >= 0.3 is 0 Å². The maximum absolute atomic E-state index is 11.7. The van der Waals surface area contributed by atoms with Crippen molar-refractivity contribution in [3.8, 4) is 0 Å². The second-order valence-corrected chi connectivity index (χ2v) is 5.06. The Morgan fingerprint density at radius 1 is 1.32 bits per heavy atom. The Bertz CT molecular complexity index is 429. The first-order valence-electron chi connectivity index (χ1n) is 6.93. The van der Waals surface area contributed by atoms with Crippen molar-refractivity contribution in [2.45, 2.75) is 40.2 Å². The van der Waals surface area contributed by atoms with E-state index in [2.05, 4.69) is 31.4 Å². The lowest BCUT2D eigenvalue weighted by Crippen LogP contribution is -2.25. The third-order valence-electron chi connectivity index (χ3n) is 3.24. The van der Waals surface area contributed by atoms with E-state index >= 15 is 0 Å². The molecule has 1 unspecified atom stereocenters. The van der Waals surface area contributed by atoms with Gasteiger partial charge in [0.1, 0.15) is 0 Å². The summed E-state index contributed by atoms with van der Waals surface area (Å²) in [4.78, 5) is 11.7. The Kier molecular flexibility index (Phi) is 5.67. The minimum atomic E-state index is -0.0864. The molecule has 0 saturated carbocycles. The molecule has 0 bridgehead atoms. The van der Waals surface area contributed by atoms with Gasteiger partial charge in [0.2, 0.25) is 0 Å². The Labute approximate surface area is 115 Å². The lowest BCUT2D eigenvalue weighted by molar-refractivity contribution is 0.0956. The van der Waals surface area contributed by atoms with Crippen molar-refractivity contribution in [3.63, 3.8) is 0 Å². The molecule has 19 heavy (non-hydrogen) atoms. The molecule has 0 fully saturated rings. The quantitative estimate of drug-likeness (QED) is 0.691. The molecule has 0 saturated heterocycles. The summed E-state index contributed by atoms with van der Waals surface area (Å²) in [5.41, 5.74) is 8.13. The Balaban J connectivity index is 2.85. The highest BCUT2D eigenvalue weighted by Gasteiger charge is 2.13. The number of hydrogen-bond acceptors (Lipinski definition) is 3. The maximum atomic E-state index is 11.7. The van der Waals surface area contributed by atoms with Gasteiger partial charge in [-0.25, -0.2) is 0 Å². The fourth-order valence-electron chi connectivity index (χ4n) is 2.04. The van der Waals surface area contributed by atoms with Crippen LogP contribution in [0.3, 0.4) is 0 Å². The van der Waals surface area contributed by atoms with Crippen LogP contribution in [0.25, 0.3) is 0 Å². The van der Waals surface area contributed by atoms with Gasteiger partial charge in [0.25, 0.3) is 5.91 Å². The van der Waals surface area contributed by atoms with Gasteiger partial charge in [-0.15, -0.1) is 0 Å². The molecule has 106 valence electrons. The Morgan fingerprint density at radius 2 is 2.00 bits per heavy atom. The van der Waals surface area contributed by atoms with Crippen molar-refractivity contribution < 1.29 is 4.79 Å². The average molecular weight is 263 g/mol. The van der Waals surface area contributed by atoms with Gasteiger partial charge < -0.3 is 16.4 Å². The zero-order chi connectivity index (χ0) is 14.4. The van der Waals surface area contributed by atoms with Gasteiger partial charge in [-0.1, -0.05) is 20.8 Å². The molecule has 4 N–H and O–H groups in total. The highest BCUT2D eigenvalue weighted by molar-refractivity contribution is 5.96. The van der Waals surface area contributed by atoms with Gasteiger partial charge in [0, 0.05) is 18.2 Å². The largest absolute Gasteiger partial charge is 0.397 e. The molecule has 1 aromatic rings. The molecule has 0 aliphatic heterocycles. The van der Waals surface area contributed by atoms with Crippen LogP contribution in [0.4, 0.5) is 11.4 Å². The highest BCUT2D eigenvalue weighted by Crippen LogP contribution is 2.23. The van der Waals surface area contributed by atoms with Crippen molar-refractivity contribution in [3.05, 3.63) is 23.8 Å². The van der Waals surface area contributed by atoms with Crippen molar-refractivity contribution in [1.82, 2.24) is 5.32 Å². The van der Waals surface area contributed by atoms with Gasteiger partial charge in [0.15, 0.2) is 0 Å². The molecule has 0 aliphatic rings. The standard InChI is InChI=1S/C15H25N3O/c1-5-13(10(3)4)18-14-8-7-11(9-12(14)16)15(19)17-6-2/h7-10,13,18H,5-6,16H2,1-4H3,(H,17,19). The molecule has 0 heterocycles. The lowest BCUT2D eigenvalue weighted by atomic mass is 10.0. The van der Waals surface area contributed by atoms with E-state index in [0.29, 0.717) is 29.8 Å².